The molecule has 0 saturated carbocycles. The fourth-order valence-corrected chi connectivity index (χ4v) is 3.43. The standard InChI is InChI=1S/C19H19N5O4/c1-11-6-5-7-13(8-11)24-12(2)9-22-15-16(20-18(22)24)21(3)19(27)23(17(15)26)10-14(25)28-4/h5-9H,10H2,1-4H3. The Balaban J connectivity index is 2.09. The Bertz CT molecular complexity index is 1370. The van der Waals surface area contributed by atoms with Crippen LogP contribution in [0.2, 0.25) is 0 Å². The molecule has 0 spiro atoms. The highest BCUT2D eigenvalue weighted by Crippen LogP contribution is 2.21. The summed E-state index contributed by atoms with van der Waals surface area (Å²) in [7, 11) is 2.73. The van der Waals surface area contributed by atoms with Crippen molar-refractivity contribution in [3.63, 3.8) is 0 Å². The number of methoxy groups -OCH3 is 1. The van der Waals surface area contributed by atoms with Crippen molar-refractivity contribution in [2.45, 2.75) is 20.4 Å². The van der Waals surface area contributed by atoms with E-state index in [1.165, 1.54) is 18.7 Å². The highest BCUT2D eigenvalue weighted by atomic mass is 16.5. The van der Waals surface area contributed by atoms with Crippen molar-refractivity contribution in [2.24, 2.45) is 7.05 Å². The number of benzene rings is 1. The lowest BCUT2D eigenvalue weighted by atomic mass is 10.2. The predicted octanol–water partition coefficient (Wildman–Crippen LogP) is 0.928. The lowest BCUT2D eigenvalue weighted by molar-refractivity contribution is -0.141. The second-order valence-corrected chi connectivity index (χ2v) is 6.71. The van der Waals surface area contributed by atoms with Gasteiger partial charge >= 0.3 is 11.7 Å². The summed E-state index contributed by atoms with van der Waals surface area (Å²) in [6, 6.07) is 7.91. The van der Waals surface area contributed by atoms with E-state index in [0.29, 0.717) is 5.78 Å². The number of fused-ring (bicyclic) bond motifs is 3. The molecule has 0 unspecified atom stereocenters. The Morgan fingerprint density at radius 1 is 1.21 bits per heavy atom. The van der Waals surface area contributed by atoms with Gasteiger partial charge in [-0.2, -0.15) is 4.98 Å². The number of ether oxygens (including phenoxy) is 1. The highest BCUT2D eigenvalue weighted by molar-refractivity contribution is 5.77. The summed E-state index contributed by atoms with van der Waals surface area (Å²) in [5, 5.41) is 0. The maximum absolute atomic E-state index is 13.0. The molecule has 0 fully saturated rings. The molecule has 0 atom stereocenters. The van der Waals surface area contributed by atoms with Crippen LogP contribution in [0, 0.1) is 13.8 Å². The Hall–Kier alpha value is -3.62. The van der Waals surface area contributed by atoms with Gasteiger partial charge in [0.05, 0.1) is 7.11 Å². The van der Waals surface area contributed by atoms with Gasteiger partial charge in [-0.25, -0.2) is 9.36 Å². The zero-order valence-electron chi connectivity index (χ0n) is 16.0. The van der Waals surface area contributed by atoms with Crippen LogP contribution < -0.4 is 11.2 Å². The molecule has 3 aromatic heterocycles. The smallest absolute Gasteiger partial charge is 0.333 e. The van der Waals surface area contributed by atoms with Crippen LogP contribution in [0.3, 0.4) is 0 Å². The van der Waals surface area contributed by atoms with Gasteiger partial charge in [0.25, 0.3) is 5.56 Å². The second-order valence-electron chi connectivity index (χ2n) is 6.71. The molecular formula is C19H19N5O4. The summed E-state index contributed by atoms with van der Waals surface area (Å²) in [5.41, 5.74) is 2.15. The Labute approximate surface area is 159 Å². The molecule has 0 aliphatic heterocycles. The van der Waals surface area contributed by atoms with E-state index in [2.05, 4.69) is 9.72 Å². The van der Waals surface area contributed by atoms with Gasteiger partial charge in [-0.05, 0) is 31.5 Å². The normalized spacial score (nSPS) is 11.4. The number of nitrogens with zero attached hydrogens (tertiary/aromatic N) is 5. The molecule has 0 saturated heterocycles. The first kappa shape index (κ1) is 17.8. The van der Waals surface area contributed by atoms with Crippen LogP contribution in [0.25, 0.3) is 22.6 Å². The van der Waals surface area contributed by atoms with Crippen molar-refractivity contribution in [3.8, 4) is 5.69 Å². The van der Waals surface area contributed by atoms with E-state index in [-0.39, 0.29) is 11.2 Å². The maximum atomic E-state index is 13.0. The molecule has 0 amide bonds. The number of aryl methyl sites for hydroxylation is 3. The molecule has 144 valence electrons. The minimum atomic E-state index is -0.673. The molecule has 1 aromatic carbocycles. The average molecular weight is 381 g/mol. The van der Waals surface area contributed by atoms with Crippen molar-refractivity contribution in [1.82, 2.24) is 23.1 Å². The third-order valence-electron chi connectivity index (χ3n) is 4.80. The molecule has 9 nitrogen and oxygen atoms in total. The lowest BCUT2D eigenvalue weighted by Crippen LogP contribution is -2.41. The number of esters is 1. The molecule has 3 heterocycles. The van der Waals surface area contributed by atoms with Crippen LogP contribution in [0.15, 0.2) is 40.1 Å². The van der Waals surface area contributed by atoms with Gasteiger partial charge in [0, 0.05) is 24.6 Å². The molecule has 0 radical (unpaired) electrons. The van der Waals surface area contributed by atoms with E-state index >= 15 is 0 Å². The summed E-state index contributed by atoms with van der Waals surface area (Å²) in [6.07, 6.45) is 1.79. The minimum Gasteiger partial charge on any atom is -0.468 e. The first-order valence-electron chi connectivity index (χ1n) is 8.67. The van der Waals surface area contributed by atoms with Gasteiger partial charge in [-0.15, -0.1) is 0 Å². The fraction of sp³-hybridized carbons (Fsp3) is 0.263. The monoisotopic (exact) mass is 381 g/mol. The van der Waals surface area contributed by atoms with Crippen LogP contribution >= 0.6 is 0 Å². The van der Waals surface area contributed by atoms with Crippen molar-refractivity contribution in [3.05, 3.63) is 62.6 Å². The molecule has 0 N–H and O–H groups in total. The number of aromatic nitrogens is 5. The Morgan fingerprint density at radius 2 is 1.96 bits per heavy atom. The van der Waals surface area contributed by atoms with Gasteiger partial charge < -0.3 is 4.74 Å². The summed E-state index contributed by atoms with van der Waals surface area (Å²) in [4.78, 5) is 41.8. The van der Waals surface area contributed by atoms with Gasteiger partial charge in [0.15, 0.2) is 11.2 Å². The van der Waals surface area contributed by atoms with E-state index in [1.54, 1.807) is 10.6 Å². The van der Waals surface area contributed by atoms with E-state index in [0.717, 1.165) is 21.5 Å². The molecular weight excluding hydrogens is 362 g/mol. The topological polar surface area (TPSA) is 92.5 Å². The summed E-state index contributed by atoms with van der Waals surface area (Å²) in [6.45, 7) is 3.46. The number of rotatable bonds is 3. The lowest BCUT2D eigenvalue weighted by Gasteiger charge is -2.07. The van der Waals surface area contributed by atoms with Crippen molar-refractivity contribution in [2.75, 3.05) is 7.11 Å². The molecule has 0 bridgehead atoms. The zero-order valence-corrected chi connectivity index (χ0v) is 16.0. The van der Waals surface area contributed by atoms with E-state index in [1.807, 2.05) is 42.7 Å². The number of imidazole rings is 2. The van der Waals surface area contributed by atoms with Crippen molar-refractivity contribution < 1.29 is 9.53 Å². The number of carbonyl (C=O) groups excluding carboxylic acids is 1. The first-order chi connectivity index (χ1) is 13.3. The predicted molar refractivity (Wildman–Crippen MR) is 103 cm³/mol. The highest BCUT2D eigenvalue weighted by Gasteiger charge is 2.21. The zero-order chi connectivity index (χ0) is 20.2. The van der Waals surface area contributed by atoms with E-state index < -0.39 is 23.8 Å². The number of hydrogen-bond acceptors (Lipinski definition) is 5. The summed E-state index contributed by atoms with van der Waals surface area (Å²) in [5.74, 6) is -0.158. The minimum absolute atomic E-state index is 0.232. The van der Waals surface area contributed by atoms with Gasteiger partial charge in [0.1, 0.15) is 6.54 Å². The van der Waals surface area contributed by atoms with Crippen LogP contribution in [-0.4, -0.2) is 36.2 Å². The molecule has 4 rings (SSSR count). The Kier molecular flexibility index (Phi) is 3.95. The third kappa shape index (κ3) is 2.47. The van der Waals surface area contributed by atoms with Gasteiger partial charge in [-0.1, -0.05) is 12.1 Å². The van der Waals surface area contributed by atoms with Crippen LogP contribution in [-0.2, 0) is 23.1 Å². The quantitative estimate of drug-likeness (QED) is 0.492. The number of hydrogen-bond donors (Lipinski definition) is 0. The second kappa shape index (κ2) is 6.22. The van der Waals surface area contributed by atoms with Crippen molar-refractivity contribution >= 4 is 22.9 Å². The van der Waals surface area contributed by atoms with Crippen LogP contribution in [0.1, 0.15) is 11.3 Å². The van der Waals surface area contributed by atoms with E-state index in [9.17, 15) is 14.4 Å². The molecule has 0 aliphatic carbocycles. The van der Waals surface area contributed by atoms with Gasteiger partial charge in [-0.3, -0.25) is 23.1 Å². The fourth-order valence-electron chi connectivity index (χ4n) is 3.43. The maximum Gasteiger partial charge on any atom is 0.333 e. The Morgan fingerprint density at radius 3 is 2.64 bits per heavy atom. The first-order valence-corrected chi connectivity index (χ1v) is 8.67. The van der Waals surface area contributed by atoms with Gasteiger partial charge in [0.2, 0.25) is 5.78 Å². The van der Waals surface area contributed by atoms with Crippen LogP contribution in [0.4, 0.5) is 0 Å². The van der Waals surface area contributed by atoms with E-state index in [4.69, 9.17) is 0 Å². The molecule has 4 aromatic rings. The molecule has 9 heteroatoms. The van der Waals surface area contributed by atoms with Crippen LogP contribution in [0.5, 0.6) is 0 Å². The number of carbonyl (C=O) groups is 1. The largest absolute Gasteiger partial charge is 0.468 e. The average Bonchev–Trinajstić information content (AvgIpc) is 3.17. The summed E-state index contributed by atoms with van der Waals surface area (Å²) < 4.78 is 10.3. The van der Waals surface area contributed by atoms with Crippen molar-refractivity contribution in [1.29, 1.82) is 0 Å². The molecule has 0 aliphatic rings. The molecule has 28 heavy (non-hydrogen) atoms. The SMILES string of the molecule is COC(=O)Cn1c(=O)c2c(nc3n(-c4cccc(C)c4)c(C)cn23)n(C)c1=O. The summed E-state index contributed by atoms with van der Waals surface area (Å²) >= 11 is 0. The third-order valence-corrected chi connectivity index (χ3v) is 4.80.